The van der Waals surface area contributed by atoms with Gasteiger partial charge >= 0.3 is 5.97 Å². The van der Waals surface area contributed by atoms with Crippen molar-refractivity contribution in [1.29, 1.82) is 0 Å². The van der Waals surface area contributed by atoms with Crippen LogP contribution in [0.3, 0.4) is 0 Å². The number of carboxylic acids is 1. The molecule has 0 amide bonds. The van der Waals surface area contributed by atoms with E-state index in [1.54, 1.807) is 0 Å². The first-order valence-electron chi connectivity index (χ1n) is 6.62. The molecule has 1 atom stereocenters. The molecule has 0 aliphatic carbocycles. The Labute approximate surface area is 126 Å². The zero-order chi connectivity index (χ0) is 15.6. The van der Waals surface area contributed by atoms with Gasteiger partial charge in [-0.15, -0.1) is 22.0 Å². The fourth-order valence-corrected chi connectivity index (χ4v) is 2.94. The Hall–Kier alpha value is -1.76. The van der Waals surface area contributed by atoms with Crippen LogP contribution in [0, 0.1) is 19.8 Å². The molecule has 2 aromatic rings. The number of hydrogen-bond acceptors (Lipinski definition) is 6. The standard InChI is InChI=1S/C14H18N2O4S/c1-7(2)12(14(17)18)21-6-11-15-16-13(20-11)10-5-8(3)19-9(10)4/h5,7,12H,6H2,1-4H3,(H,17,18). The van der Waals surface area contributed by atoms with E-state index in [2.05, 4.69) is 10.2 Å². The fourth-order valence-electron chi connectivity index (χ4n) is 1.97. The Morgan fingerprint density at radius 1 is 1.33 bits per heavy atom. The average Bonchev–Trinajstić information content (AvgIpc) is 2.95. The molecule has 2 aromatic heterocycles. The van der Waals surface area contributed by atoms with Gasteiger partial charge in [-0.2, -0.15) is 0 Å². The molecule has 2 rings (SSSR count). The van der Waals surface area contributed by atoms with Gasteiger partial charge in [-0.05, 0) is 25.8 Å². The number of furan rings is 1. The largest absolute Gasteiger partial charge is 0.480 e. The molecule has 0 aromatic carbocycles. The molecule has 1 unspecified atom stereocenters. The second kappa shape index (κ2) is 6.34. The highest BCUT2D eigenvalue weighted by molar-refractivity contribution is 7.99. The van der Waals surface area contributed by atoms with Gasteiger partial charge in [0, 0.05) is 0 Å². The summed E-state index contributed by atoms with van der Waals surface area (Å²) < 4.78 is 11.0. The average molecular weight is 310 g/mol. The van der Waals surface area contributed by atoms with Crippen LogP contribution < -0.4 is 0 Å². The highest BCUT2D eigenvalue weighted by Crippen LogP contribution is 2.28. The maximum atomic E-state index is 11.1. The molecule has 6 nitrogen and oxygen atoms in total. The Bertz CT molecular complexity index is 633. The maximum Gasteiger partial charge on any atom is 0.316 e. The lowest BCUT2D eigenvalue weighted by atomic mass is 10.1. The molecule has 2 heterocycles. The van der Waals surface area contributed by atoms with Crippen LogP contribution in [-0.4, -0.2) is 26.5 Å². The lowest BCUT2D eigenvalue weighted by Gasteiger charge is -2.13. The molecule has 114 valence electrons. The third-order valence-electron chi connectivity index (χ3n) is 2.97. The summed E-state index contributed by atoms with van der Waals surface area (Å²) in [6.45, 7) is 7.44. The van der Waals surface area contributed by atoms with Crippen LogP contribution in [-0.2, 0) is 10.5 Å². The van der Waals surface area contributed by atoms with Crippen LogP contribution in [0.5, 0.6) is 0 Å². The first kappa shape index (κ1) is 15.6. The summed E-state index contributed by atoms with van der Waals surface area (Å²) in [5.41, 5.74) is 0.773. The summed E-state index contributed by atoms with van der Waals surface area (Å²) in [6, 6.07) is 1.84. The Kier molecular flexibility index (Phi) is 4.72. The topological polar surface area (TPSA) is 89.4 Å². The van der Waals surface area contributed by atoms with Gasteiger partial charge in [-0.3, -0.25) is 4.79 Å². The van der Waals surface area contributed by atoms with Crippen LogP contribution in [0.4, 0.5) is 0 Å². The summed E-state index contributed by atoms with van der Waals surface area (Å²) in [5.74, 6) is 1.91. The van der Waals surface area contributed by atoms with Gasteiger partial charge in [-0.1, -0.05) is 13.8 Å². The predicted molar refractivity (Wildman–Crippen MR) is 79.0 cm³/mol. The molecule has 0 bridgehead atoms. The van der Waals surface area contributed by atoms with Gasteiger partial charge < -0.3 is 13.9 Å². The van der Waals surface area contributed by atoms with E-state index in [1.165, 1.54) is 11.8 Å². The molecule has 0 radical (unpaired) electrons. The van der Waals surface area contributed by atoms with Crippen molar-refractivity contribution in [1.82, 2.24) is 10.2 Å². The molecular weight excluding hydrogens is 292 g/mol. The van der Waals surface area contributed by atoms with E-state index in [-0.39, 0.29) is 5.92 Å². The van der Waals surface area contributed by atoms with E-state index in [0.717, 1.165) is 17.1 Å². The smallest absolute Gasteiger partial charge is 0.316 e. The third kappa shape index (κ3) is 3.66. The van der Waals surface area contributed by atoms with Gasteiger partial charge in [0.2, 0.25) is 5.89 Å². The van der Waals surface area contributed by atoms with E-state index in [4.69, 9.17) is 13.9 Å². The number of aliphatic carboxylic acids is 1. The maximum absolute atomic E-state index is 11.1. The van der Waals surface area contributed by atoms with E-state index in [1.807, 2.05) is 33.8 Å². The van der Waals surface area contributed by atoms with Gasteiger partial charge in [0.05, 0.1) is 11.3 Å². The zero-order valence-corrected chi connectivity index (χ0v) is 13.2. The molecule has 21 heavy (non-hydrogen) atoms. The van der Waals surface area contributed by atoms with E-state index < -0.39 is 11.2 Å². The van der Waals surface area contributed by atoms with Crippen molar-refractivity contribution >= 4 is 17.7 Å². The Morgan fingerprint density at radius 2 is 2.05 bits per heavy atom. The van der Waals surface area contributed by atoms with Crippen molar-refractivity contribution < 1.29 is 18.7 Å². The van der Waals surface area contributed by atoms with Gasteiger partial charge in [0.15, 0.2) is 0 Å². The zero-order valence-electron chi connectivity index (χ0n) is 12.4. The van der Waals surface area contributed by atoms with Crippen molar-refractivity contribution in [2.24, 2.45) is 5.92 Å². The molecule has 1 N–H and O–H groups in total. The minimum atomic E-state index is -0.823. The third-order valence-corrected chi connectivity index (χ3v) is 4.49. The van der Waals surface area contributed by atoms with Crippen LogP contribution in [0.1, 0.15) is 31.3 Å². The Balaban J connectivity index is 2.07. The second-order valence-corrected chi connectivity index (χ2v) is 6.27. The van der Waals surface area contributed by atoms with Crippen LogP contribution in [0.15, 0.2) is 14.9 Å². The van der Waals surface area contributed by atoms with E-state index in [0.29, 0.717) is 17.5 Å². The van der Waals surface area contributed by atoms with E-state index in [9.17, 15) is 4.79 Å². The monoisotopic (exact) mass is 310 g/mol. The summed E-state index contributed by atoms with van der Waals surface area (Å²) in [4.78, 5) is 11.1. The molecular formula is C14H18N2O4S. The number of aryl methyl sites for hydroxylation is 2. The summed E-state index contributed by atoms with van der Waals surface area (Å²) in [6.07, 6.45) is 0. The highest BCUT2D eigenvalue weighted by atomic mass is 32.2. The second-order valence-electron chi connectivity index (χ2n) is 5.14. The van der Waals surface area contributed by atoms with Crippen molar-refractivity contribution in [2.45, 2.75) is 38.7 Å². The molecule has 0 saturated carbocycles. The molecule has 0 spiro atoms. The van der Waals surface area contributed by atoms with Crippen LogP contribution in [0.2, 0.25) is 0 Å². The number of thioether (sulfide) groups is 1. The van der Waals surface area contributed by atoms with Gasteiger partial charge in [0.1, 0.15) is 16.8 Å². The van der Waals surface area contributed by atoms with Crippen molar-refractivity contribution in [3.05, 3.63) is 23.5 Å². The quantitative estimate of drug-likeness (QED) is 0.875. The normalized spacial score (nSPS) is 12.8. The lowest BCUT2D eigenvalue weighted by molar-refractivity contribution is -0.137. The first-order chi connectivity index (χ1) is 9.88. The van der Waals surface area contributed by atoms with Crippen molar-refractivity contribution in [2.75, 3.05) is 0 Å². The number of nitrogens with zero attached hydrogens (tertiary/aromatic N) is 2. The molecule has 7 heteroatoms. The summed E-state index contributed by atoms with van der Waals surface area (Å²) in [7, 11) is 0. The highest BCUT2D eigenvalue weighted by Gasteiger charge is 2.23. The SMILES string of the molecule is Cc1cc(-c2nnc(CSC(C(=O)O)C(C)C)o2)c(C)o1. The molecule has 0 fully saturated rings. The summed E-state index contributed by atoms with van der Waals surface area (Å²) in [5, 5.41) is 16.6. The van der Waals surface area contributed by atoms with Crippen molar-refractivity contribution in [3.63, 3.8) is 0 Å². The summed E-state index contributed by atoms with van der Waals surface area (Å²) >= 11 is 1.29. The van der Waals surface area contributed by atoms with Gasteiger partial charge in [-0.25, -0.2) is 0 Å². The molecule has 0 saturated heterocycles. The molecule has 0 aliphatic heterocycles. The number of carbonyl (C=O) groups is 1. The number of aromatic nitrogens is 2. The first-order valence-corrected chi connectivity index (χ1v) is 7.67. The van der Waals surface area contributed by atoms with Gasteiger partial charge in [0.25, 0.3) is 5.89 Å². The minimum absolute atomic E-state index is 0.0358. The van der Waals surface area contributed by atoms with Crippen molar-refractivity contribution in [3.8, 4) is 11.5 Å². The number of rotatable bonds is 6. The predicted octanol–water partition coefficient (Wildman–Crippen LogP) is 3.29. The Morgan fingerprint density at radius 3 is 2.57 bits per heavy atom. The van der Waals surface area contributed by atoms with Crippen LogP contribution >= 0.6 is 11.8 Å². The number of carboxylic acid groups (broad SMARTS) is 1. The van der Waals surface area contributed by atoms with Crippen LogP contribution in [0.25, 0.3) is 11.5 Å². The lowest BCUT2D eigenvalue weighted by Crippen LogP contribution is -2.22. The fraction of sp³-hybridized carbons (Fsp3) is 0.500. The minimum Gasteiger partial charge on any atom is -0.480 e. The number of hydrogen-bond donors (Lipinski definition) is 1. The van der Waals surface area contributed by atoms with E-state index >= 15 is 0 Å². The molecule has 0 aliphatic rings.